The maximum Gasteiger partial charge on any atom is 0.411 e. The molecule has 0 N–H and O–H groups in total. The van der Waals surface area contributed by atoms with Gasteiger partial charge in [-0.1, -0.05) is 91.0 Å². The molecule has 10 heteroatoms. The monoisotopic (exact) mass is 666 g/mol. The van der Waals surface area contributed by atoms with E-state index in [-0.39, 0.29) is 50.9 Å². The standard InChI is InChI=1S/C39H42N2O8/c1-39(2,3)49-38(44)41-21-20-40(24-32(41)37(43)45-4)36(42)31-22-33(46-25-28-14-8-5-9-15-28)35(48-27-30-18-12-7-13-19-30)34(23-31)47-26-29-16-10-6-11-17-29/h5-19,22-23,32H,20-21,24-27H2,1-4H3. The Labute approximate surface area is 287 Å². The molecule has 1 atom stereocenters. The van der Waals surface area contributed by atoms with E-state index < -0.39 is 23.7 Å². The van der Waals surface area contributed by atoms with Gasteiger partial charge in [-0.15, -0.1) is 0 Å². The Balaban J connectivity index is 1.48. The summed E-state index contributed by atoms with van der Waals surface area (Å²) in [5.41, 5.74) is 2.31. The number of hydrogen-bond donors (Lipinski definition) is 0. The normalized spacial score (nSPS) is 14.5. The molecule has 4 aromatic rings. The van der Waals surface area contributed by atoms with E-state index in [4.69, 9.17) is 23.7 Å². The van der Waals surface area contributed by atoms with Gasteiger partial charge in [0.2, 0.25) is 5.75 Å². The van der Waals surface area contributed by atoms with E-state index in [1.54, 1.807) is 32.9 Å². The fraction of sp³-hybridized carbons (Fsp3) is 0.308. The minimum atomic E-state index is -1.05. The zero-order valence-electron chi connectivity index (χ0n) is 28.3. The Morgan fingerprint density at radius 1 is 0.694 bits per heavy atom. The molecule has 2 amide bonds. The third-order valence-electron chi connectivity index (χ3n) is 7.74. The highest BCUT2D eigenvalue weighted by atomic mass is 16.6. The maximum atomic E-state index is 14.2. The number of hydrogen-bond acceptors (Lipinski definition) is 8. The lowest BCUT2D eigenvalue weighted by atomic mass is 10.1. The third kappa shape index (κ3) is 9.53. The van der Waals surface area contributed by atoms with Crippen LogP contribution in [0.15, 0.2) is 103 Å². The molecule has 4 aromatic carbocycles. The van der Waals surface area contributed by atoms with Crippen LogP contribution in [0.2, 0.25) is 0 Å². The molecule has 256 valence electrons. The molecule has 49 heavy (non-hydrogen) atoms. The Kier molecular flexibility index (Phi) is 11.4. The summed E-state index contributed by atoms with van der Waals surface area (Å²) in [6.45, 7) is 6.09. The number of methoxy groups -OCH3 is 1. The number of esters is 1. The maximum absolute atomic E-state index is 14.2. The van der Waals surface area contributed by atoms with Crippen LogP contribution in [0.25, 0.3) is 0 Å². The van der Waals surface area contributed by atoms with E-state index in [1.165, 1.54) is 16.9 Å². The SMILES string of the molecule is COC(=O)C1CN(C(=O)c2cc(OCc3ccccc3)c(OCc3ccccc3)c(OCc3ccccc3)c2)CCN1C(=O)OC(C)(C)C. The van der Waals surface area contributed by atoms with Crippen LogP contribution in [0.1, 0.15) is 47.8 Å². The summed E-state index contributed by atoms with van der Waals surface area (Å²) in [4.78, 5) is 42.9. The van der Waals surface area contributed by atoms with Crippen LogP contribution in [-0.2, 0) is 34.1 Å². The fourth-order valence-corrected chi connectivity index (χ4v) is 5.28. The van der Waals surface area contributed by atoms with Crippen molar-refractivity contribution in [3.05, 3.63) is 125 Å². The second kappa shape index (κ2) is 16.1. The molecule has 0 aromatic heterocycles. The first-order valence-corrected chi connectivity index (χ1v) is 16.2. The minimum Gasteiger partial charge on any atom is -0.485 e. The van der Waals surface area contributed by atoms with E-state index in [1.807, 2.05) is 91.0 Å². The molecule has 10 nitrogen and oxygen atoms in total. The zero-order valence-corrected chi connectivity index (χ0v) is 28.3. The van der Waals surface area contributed by atoms with Crippen LogP contribution in [0.5, 0.6) is 17.2 Å². The molecular formula is C39H42N2O8. The van der Waals surface area contributed by atoms with Crippen molar-refractivity contribution in [1.29, 1.82) is 0 Å². The zero-order chi connectivity index (χ0) is 34.8. The summed E-state index contributed by atoms with van der Waals surface area (Å²) in [6, 6.07) is 31.3. The van der Waals surface area contributed by atoms with Crippen LogP contribution in [0.3, 0.4) is 0 Å². The molecular weight excluding hydrogens is 624 g/mol. The number of rotatable bonds is 11. The van der Waals surface area contributed by atoms with Gasteiger partial charge in [-0.2, -0.15) is 0 Å². The second-order valence-corrected chi connectivity index (χ2v) is 12.6. The van der Waals surface area contributed by atoms with Gasteiger partial charge in [0, 0.05) is 18.7 Å². The highest BCUT2D eigenvalue weighted by Crippen LogP contribution is 2.41. The average Bonchev–Trinajstić information content (AvgIpc) is 3.12. The Morgan fingerprint density at radius 2 is 1.16 bits per heavy atom. The Bertz CT molecular complexity index is 1640. The van der Waals surface area contributed by atoms with Gasteiger partial charge in [0.25, 0.3) is 5.91 Å². The summed E-state index contributed by atoms with van der Waals surface area (Å²) in [5, 5.41) is 0. The molecule has 0 saturated carbocycles. The van der Waals surface area contributed by atoms with E-state index in [0.717, 1.165) is 16.7 Å². The molecule has 1 heterocycles. The number of ether oxygens (including phenoxy) is 5. The lowest BCUT2D eigenvalue weighted by Crippen LogP contribution is -2.60. The summed E-state index contributed by atoms with van der Waals surface area (Å²) in [7, 11) is 1.25. The first-order chi connectivity index (χ1) is 23.6. The largest absolute Gasteiger partial charge is 0.485 e. The lowest BCUT2D eigenvalue weighted by Gasteiger charge is -2.40. The number of carbonyl (C=O) groups is 3. The molecule has 0 aliphatic carbocycles. The fourth-order valence-electron chi connectivity index (χ4n) is 5.28. The smallest absolute Gasteiger partial charge is 0.411 e. The van der Waals surface area contributed by atoms with E-state index >= 15 is 0 Å². The van der Waals surface area contributed by atoms with Crippen molar-refractivity contribution in [2.45, 2.75) is 52.2 Å². The topological polar surface area (TPSA) is 104 Å². The summed E-state index contributed by atoms with van der Waals surface area (Å²) < 4.78 is 29.6. The van der Waals surface area contributed by atoms with Crippen LogP contribution < -0.4 is 14.2 Å². The third-order valence-corrected chi connectivity index (χ3v) is 7.74. The molecule has 1 aliphatic rings. The van der Waals surface area contributed by atoms with Crippen LogP contribution in [-0.4, -0.2) is 66.2 Å². The quantitative estimate of drug-likeness (QED) is 0.164. The molecule has 1 fully saturated rings. The van der Waals surface area contributed by atoms with Crippen molar-refractivity contribution < 1.29 is 38.1 Å². The molecule has 1 saturated heterocycles. The number of carbonyl (C=O) groups excluding carboxylic acids is 3. The van der Waals surface area contributed by atoms with Crippen LogP contribution in [0, 0.1) is 0 Å². The molecule has 0 bridgehead atoms. The van der Waals surface area contributed by atoms with Gasteiger partial charge >= 0.3 is 12.1 Å². The lowest BCUT2D eigenvalue weighted by molar-refractivity contribution is -0.148. The van der Waals surface area contributed by atoms with E-state index in [9.17, 15) is 14.4 Å². The van der Waals surface area contributed by atoms with Crippen molar-refractivity contribution in [2.75, 3.05) is 26.7 Å². The summed E-state index contributed by atoms with van der Waals surface area (Å²) in [5.74, 6) is -0.0149. The highest BCUT2D eigenvalue weighted by molar-refractivity contribution is 5.96. The molecule has 1 unspecified atom stereocenters. The van der Waals surface area contributed by atoms with Gasteiger partial charge in [0.1, 0.15) is 25.4 Å². The van der Waals surface area contributed by atoms with Crippen molar-refractivity contribution in [3.63, 3.8) is 0 Å². The number of nitrogens with zero attached hydrogens (tertiary/aromatic N) is 2. The minimum absolute atomic E-state index is 0.0768. The predicted molar refractivity (Wildman–Crippen MR) is 183 cm³/mol. The van der Waals surface area contributed by atoms with E-state index in [2.05, 4.69) is 0 Å². The second-order valence-electron chi connectivity index (χ2n) is 12.6. The first kappa shape index (κ1) is 34.8. The Hall–Kier alpha value is -5.51. The number of benzene rings is 4. The average molecular weight is 667 g/mol. The van der Waals surface area contributed by atoms with Gasteiger partial charge < -0.3 is 28.6 Å². The number of piperazine rings is 1. The van der Waals surface area contributed by atoms with Crippen molar-refractivity contribution in [2.24, 2.45) is 0 Å². The molecule has 0 radical (unpaired) electrons. The van der Waals surface area contributed by atoms with Crippen LogP contribution in [0.4, 0.5) is 4.79 Å². The molecule has 0 spiro atoms. The van der Waals surface area contributed by atoms with Crippen molar-refractivity contribution in [1.82, 2.24) is 9.80 Å². The van der Waals surface area contributed by atoms with Gasteiger partial charge in [-0.05, 0) is 49.6 Å². The van der Waals surface area contributed by atoms with E-state index in [0.29, 0.717) is 17.2 Å². The highest BCUT2D eigenvalue weighted by Gasteiger charge is 2.40. The van der Waals surface area contributed by atoms with Crippen molar-refractivity contribution in [3.8, 4) is 17.2 Å². The van der Waals surface area contributed by atoms with Gasteiger partial charge in [-0.3, -0.25) is 9.69 Å². The van der Waals surface area contributed by atoms with Gasteiger partial charge in [0.05, 0.1) is 13.7 Å². The first-order valence-electron chi connectivity index (χ1n) is 16.2. The van der Waals surface area contributed by atoms with Crippen molar-refractivity contribution >= 4 is 18.0 Å². The number of amides is 2. The van der Waals surface area contributed by atoms with Crippen LogP contribution >= 0.6 is 0 Å². The van der Waals surface area contributed by atoms with Gasteiger partial charge in [0.15, 0.2) is 17.5 Å². The summed E-state index contributed by atoms with van der Waals surface area (Å²) >= 11 is 0. The Morgan fingerprint density at radius 3 is 1.61 bits per heavy atom. The predicted octanol–water partition coefficient (Wildman–Crippen LogP) is 6.66. The molecule has 1 aliphatic heterocycles. The molecule has 5 rings (SSSR count). The summed E-state index contributed by atoms with van der Waals surface area (Å²) in [6.07, 6.45) is -0.650. The van der Waals surface area contributed by atoms with Gasteiger partial charge in [-0.25, -0.2) is 9.59 Å².